The number of aromatic amines is 1. The molecule has 0 aliphatic heterocycles. The standard InChI is InChI=1S/C17H16N2O2S/c1-11(10-14(20)15-6-3-9-22-15)19-17(21)13-5-2-4-12-7-8-18-16(12)13/h2-9,11,18H,10H2,1H3,(H,19,21). The van der Waals surface area contributed by atoms with Gasteiger partial charge in [0, 0.05) is 24.0 Å². The Morgan fingerprint density at radius 1 is 1.23 bits per heavy atom. The van der Waals surface area contributed by atoms with Gasteiger partial charge in [-0.05, 0) is 30.5 Å². The molecular formula is C17H16N2O2S. The number of benzene rings is 1. The molecule has 0 radical (unpaired) electrons. The molecule has 22 heavy (non-hydrogen) atoms. The molecule has 1 aromatic carbocycles. The third-order valence-corrected chi connectivity index (χ3v) is 4.41. The zero-order valence-corrected chi connectivity index (χ0v) is 12.9. The first kappa shape index (κ1) is 14.5. The van der Waals surface area contributed by atoms with Crippen LogP contribution in [0, 0.1) is 0 Å². The average Bonchev–Trinajstić information content (AvgIpc) is 3.17. The molecule has 1 unspecified atom stereocenters. The predicted molar refractivity (Wildman–Crippen MR) is 88.5 cm³/mol. The number of hydrogen-bond acceptors (Lipinski definition) is 3. The van der Waals surface area contributed by atoms with E-state index in [1.54, 1.807) is 12.1 Å². The molecule has 3 aromatic rings. The highest BCUT2D eigenvalue weighted by Crippen LogP contribution is 2.17. The lowest BCUT2D eigenvalue weighted by molar-refractivity contribution is 0.0920. The Kier molecular flexibility index (Phi) is 4.06. The molecule has 0 aliphatic carbocycles. The van der Waals surface area contributed by atoms with E-state index in [1.165, 1.54) is 11.3 Å². The van der Waals surface area contributed by atoms with E-state index in [2.05, 4.69) is 10.3 Å². The van der Waals surface area contributed by atoms with Crippen LogP contribution in [0.15, 0.2) is 48.0 Å². The van der Waals surface area contributed by atoms with Crippen LogP contribution in [0.3, 0.4) is 0 Å². The Bertz CT molecular complexity index is 805. The first-order valence-electron chi connectivity index (χ1n) is 7.09. The van der Waals surface area contributed by atoms with Crippen molar-refractivity contribution in [1.82, 2.24) is 10.3 Å². The number of hydrogen-bond donors (Lipinski definition) is 2. The Hall–Kier alpha value is -2.40. The van der Waals surface area contributed by atoms with E-state index in [0.717, 1.165) is 15.8 Å². The van der Waals surface area contributed by atoms with Gasteiger partial charge in [0.1, 0.15) is 0 Å². The Balaban J connectivity index is 1.69. The number of amides is 1. The second-order valence-electron chi connectivity index (χ2n) is 5.23. The van der Waals surface area contributed by atoms with Crippen LogP contribution in [-0.4, -0.2) is 22.7 Å². The highest BCUT2D eigenvalue weighted by molar-refractivity contribution is 7.12. The second kappa shape index (κ2) is 6.15. The van der Waals surface area contributed by atoms with Crippen molar-refractivity contribution in [3.63, 3.8) is 0 Å². The highest BCUT2D eigenvalue weighted by atomic mass is 32.1. The molecule has 5 heteroatoms. The van der Waals surface area contributed by atoms with Crippen LogP contribution in [0.5, 0.6) is 0 Å². The lowest BCUT2D eigenvalue weighted by Gasteiger charge is -2.13. The minimum absolute atomic E-state index is 0.0564. The number of carbonyl (C=O) groups excluding carboxylic acids is 2. The van der Waals surface area contributed by atoms with Crippen LogP contribution in [0.1, 0.15) is 33.4 Å². The Morgan fingerprint density at radius 2 is 2.09 bits per heavy atom. The maximum atomic E-state index is 12.4. The van der Waals surface area contributed by atoms with E-state index < -0.39 is 0 Å². The summed E-state index contributed by atoms with van der Waals surface area (Å²) in [7, 11) is 0. The van der Waals surface area contributed by atoms with Gasteiger partial charge in [-0.25, -0.2) is 0 Å². The molecule has 1 amide bonds. The van der Waals surface area contributed by atoms with Crippen molar-refractivity contribution < 1.29 is 9.59 Å². The molecule has 4 nitrogen and oxygen atoms in total. The summed E-state index contributed by atoms with van der Waals surface area (Å²) in [6, 6.07) is 11.0. The van der Waals surface area contributed by atoms with Gasteiger partial charge in [-0.15, -0.1) is 11.3 Å². The first-order valence-corrected chi connectivity index (χ1v) is 7.97. The third-order valence-electron chi connectivity index (χ3n) is 3.50. The van der Waals surface area contributed by atoms with Crippen LogP contribution >= 0.6 is 11.3 Å². The summed E-state index contributed by atoms with van der Waals surface area (Å²) in [5.41, 5.74) is 1.41. The van der Waals surface area contributed by atoms with Gasteiger partial charge in [0.25, 0.3) is 5.91 Å². The first-order chi connectivity index (χ1) is 10.6. The molecular weight excluding hydrogens is 296 g/mol. The fourth-order valence-electron chi connectivity index (χ4n) is 2.44. The van der Waals surface area contributed by atoms with E-state index in [4.69, 9.17) is 0 Å². The number of rotatable bonds is 5. The monoisotopic (exact) mass is 312 g/mol. The Morgan fingerprint density at radius 3 is 2.86 bits per heavy atom. The van der Waals surface area contributed by atoms with Gasteiger partial charge in [0.05, 0.1) is 16.0 Å². The van der Waals surface area contributed by atoms with Crippen LogP contribution in [0.2, 0.25) is 0 Å². The van der Waals surface area contributed by atoms with Crippen molar-refractivity contribution >= 4 is 33.9 Å². The molecule has 3 rings (SSSR count). The number of thiophene rings is 1. The summed E-state index contributed by atoms with van der Waals surface area (Å²) < 4.78 is 0. The maximum absolute atomic E-state index is 12.4. The number of ketones is 1. The van der Waals surface area contributed by atoms with Gasteiger partial charge in [-0.3, -0.25) is 9.59 Å². The zero-order valence-electron chi connectivity index (χ0n) is 12.1. The zero-order chi connectivity index (χ0) is 15.5. The van der Waals surface area contributed by atoms with Crippen molar-refractivity contribution in [1.29, 1.82) is 0 Å². The molecule has 2 heterocycles. The predicted octanol–water partition coefficient (Wildman–Crippen LogP) is 3.62. The molecule has 0 aliphatic rings. The van der Waals surface area contributed by atoms with Gasteiger partial charge in [0.15, 0.2) is 5.78 Å². The largest absolute Gasteiger partial charge is 0.361 e. The molecule has 2 aromatic heterocycles. The van der Waals surface area contributed by atoms with Gasteiger partial charge in [-0.2, -0.15) is 0 Å². The van der Waals surface area contributed by atoms with Crippen LogP contribution < -0.4 is 5.32 Å². The van der Waals surface area contributed by atoms with Crippen LogP contribution in [-0.2, 0) is 0 Å². The number of Topliss-reactive ketones (excluding diaryl/α,β-unsaturated/α-hetero) is 1. The number of nitrogens with one attached hydrogen (secondary N) is 2. The van der Waals surface area contributed by atoms with E-state index in [0.29, 0.717) is 12.0 Å². The van der Waals surface area contributed by atoms with Crippen molar-refractivity contribution in [3.8, 4) is 0 Å². The van der Waals surface area contributed by atoms with E-state index in [9.17, 15) is 9.59 Å². The van der Waals surface area contributed by atoms with Crippen molar-refractivity contribution in [2.45, 2.75) is 19.4 Å². The number of fused-ring (bicyclic) bond motifs is 1. The molecule has 1 atom stereocenters. The summed E-state index contributed by atoms with van der Waals surface area (Å²) in [6.45, 7) is 1.85. The number of carbonyl (C=O) groups is 2. The average molecular weight is 312 g/mol. The summed E-state index contributed by atoms with van der Waals surface area (Å²) in [5.74, 6) is -0.111. The minimum atomic E-state index is -0.215. The SMILES string of the molecule is CC(CC(=O)c1cccs1)NC(=O)c1cccc2cc[nH]c12. The number of para-hydroxylation sites is 1. The minimum Gasteiger partial charge on any atom is -0.361 e. The van der Waals surface area contributed by atoms with Crippen molar-refractivity contribution in [2.75, 3.05) is 0 Å². The van der Waals surface area contributed by atoms with E-state index in [1.807, 2.05) is 42.8 Å². The van der Waals surface area contributed by atoms with Crippen LogP contribution in [0.25, 0.3) is 10.9 Å². The van der Waals surface area contributed by atoms with Gasteiger partial charge in [-0.1, -0.05) is 18.2 Å². The highest BCUT2D eigenvalue weighted by Gasteiger charge is 2.16. The quantitative estimate of drug-likeness (QED) is 0.707. The molecule has 0 saturated heterocycles. The summed E-state index contributed by atoms with van der Waals surface area (Å²) >= 11 is 1.42. The lowest BCUT2D eigenvalue weighted by Crippen LogP contribution is -2.34. The normalized spacial score (nSPS) is 12.2. The van der Waals surface area contributed by atoms with Gasteiger partial charge < -0.3 is 10.3 Å². The molecule has 0 saturated carbocycles. The Labute approximate surface area is 132 Å². The summed E-state index contributed by atoms with van der Waals surface area (Å²) in [4.78, 5) is 28.3. The molecule has 2 N–H and O–H groups in total. The van der Waals surface area contributed by atoms with E-state index in [-0.39, 0.29) is 17.7 Å². The third kappa shape index (κ3) is 2.94. The summed E-state index contributed by atoms with van der Waals surface area (Å²) in [6.07, 6.45) is 2.11. The molecule has 0 fully saturated rings. The molecule has 112 valence electrons. The molecule has 0 spiro atoms. The van der Waals surface area contributed by atoms with E-state index >= 15 is 0 Å². The number of aromatic nitrogens is 1. The van der Waals surface area contributed by atoms with Crippen molar-refractivity contribution in [2.24, 2.45) is 0 Å². The summed E-state index contributed by atoms with van der Waals surface area (Å²) in [5, 5.41) is 5.77. The smallest absolute Gasteiger partial charge is 0.253 e. The topological polar surface area (TPSA) is 62.0 Å². The second-order valence-corrected chi connectivity index (χ2v) is 6.17. The fraction of sp³-hybridized carbons (Fsp3) is 0.176. The van der Waals surface area contributed by atoms with Crippen molar-refractivity contribution in [3.05, 3.63) is 58.4 Å². The molecule has 0 bridgehead atoms. The lowest BCUT2D eigenvalue weighted by atomic mass is 10.1. The van der Waals surface area contributed by atoms with Crippen LogP contribution in [0.4, 0.5) is 0 Å². The fourth-order valence-corrected chi connectivity index (χ4v) is 3.12. The number of H-pyrrole nitrogens is 1. The van der Waals surface area contributed by atoms with Gasteiger partial charge >= 0.3 is 0 Å². The van der Waals surface area contributed by atoms with Gasteiger partial charge in [0.2, 0.25) is 0 Å². The maximum Gasteiger partial charge on any atom is 0.253 e.